The second-order valence-electron chi connectivity index (χ2n) is 5.27. The van der Waals surface area contributed by atoms with Crippen LogP contribution >= 0.6 is 0 Å². The van der Waals surface area contributed by atoms with Gasteiger partial charge >= 0.3 is 29.8 Å². The summed E-state index contributed by atoms with van der Waals surface area (Å²) in [7, 11) is 0. The number of rotatable bonds is 10. The van der Waals surface area contributed by atoms with Gasteiger partial charge < -0.3 is 21.9 Å². The van der Waals surface area contributed by atoms with E-state index in [1.54, 1.807) is 0 Å². The number of carbonyl (C=O) groups is 8. The standard InChI is InChI=1S/C14H17N3O13/c1-5(18)11(22)28-29-13(24)7(16)3-10(21)27-30-14(25)8(19)4-26-12(23)6(15)2-9(17)20/h6-7H,2-4,15-16H2,1H3,(H2,17,20). The SMILES string of the molecule is CC(=O)C(=O)OOC(=O)C(N)CC(=O)OOC(=O)C(=O)COC(=O)C(N)CC(N)=O. The predicted molar refractivity (Wildman–Crippen MR) is 85.4 cm³/mol. The van der Waals surface area contributed by atoms with Crippen molar-refractivity contribution in [2.45, 2.75) is 31.8 Å². The van der Waals surface area contributed by atoms with Crippen molar-refractivity contribution in [1.29, 1.82) is 0 Å². The number of ketones is 2. The fourth-order valence-corrected chi connectivity index (χ4v) is 1.23. The summed E-state index contributed by atoms with van der Waals surface area (Å²) in [6.45, 7) is -0.311. The fraction of sp³-hybridized carbons (Fsp3) is 0.429. The monoisotopic (exact) mass is 435 g/mol. The Morgan fingerprint density at radius 2 is 1.27 bits per heavy atom. The molecule has 0 saturated heterocycles. The van der Waals surface area contributed by atoms with Crippen LogP contribution in [0.5, 0.6) is 0 Å². The van der Waals surface area contributed by atoms with E-state index in [-0.39, 0.29) is 0 Å². The Morgan fingerprint density at radius 3 is 1.80 bits per heavy atom. The highest BCUT2D eigenvalue weighted by molar-refractivity contribution is 6.34. The molecular formula is C14H17N3O13. The van der Waals surface area contributed by atoms with E-state index in [0.717, 1.165) is 6.92 Å². The number of primary amides is 1. The zero-order chi connectivity index (χ0) is 23.4. The van der Waals surface area contributed by atoms with Gasteiger partial charge in [0.05, 0.1) is 12.8 Å². The summed E-state index contributed by atoms with van der Waals surface area (Å²) in [5.74, 6) is -10.8. The number of hydrogen-bond acceptors (Lipinski definition) is 15. The van der Waals surface area contributed by atoms with Crippen molar-refractivity contribution in [3.8, 4) is 0 Å². The van der Waals surface area contributed by atoms with Gasteiger partial charge in [0.25, 0.3) is 5.78 Å². The van der Waals surface area contributed by atoms with Gasteiger partial charge in [0.1, 0.15) is 12.1 Å². The zero-order valence-corrected chi connectivity index (χ0v) is 15.3. The molecule has 2 atom stereocenters. The van der Waals surface area contributed by atoms with Crippen LogP contribution in [-0.4, -0.2) is 66.0 Å². The molecule has 0 radical (unpaired) electrons. The zero-order valence-electron chi connectivity index (χ0n) is 15.3. The summed E-state index contributed by atoms with van der Waals surface area (Å²) < 4.78 is 4.34. The first-order valence-corrected chi connectivity index (χ1v) is 7.69. The lowest BCUT2D eigenvalue weighted by Gasteiger charge is -2.09. The Labute approximate surface area is 166 Å². The summed E-state index contributed by atoms with van der Waals surface area (Å²) in [6.07, 6.45) is -1.51. The first-order chi connectivity index (χ1) is 13.8. The molecule has 16 heteroatoms. The number of Topliss-reactive ketones (excluding diaryl/α,β-unsaturated/α-hetero) is 2. The molecule has 2 unspecified atom stereocenters. The van der Waals surface area contributed by atoms with Gasteiger partial charge in [-0.15, -0.1) is 0 Å². The van der Waals surface area contributed by atoms with Gasteiger partial charge in [0.15, 0.2) is 6.61 Å². The van der Waals surface area contributed by atoms with E-state index in [0.29, 0.717) is 0 Å². The molecule has 0 bridgehead atoms. The number of ether oxygens (including phenoxy) is 1. The third-order valence-corrected chi connectivity index (χ3v) is 2.68. The van der Waals surface area contributed by atoms with Crippen molar-refractivity contribution < 1.29 is 62.6 Å². The first-order valence-electron chi connectivity index (χ1n) is 7.69. The molecule has 0 fully saturated rings. The van der Waals surface area contributed by atoms with E-state index >= 15 is 0 Å². The molecule has 0 spiro atoms. The summed E-state index contributed by atoms with van der Waals surface area (Å²) in [6, 6.07) is -3.21. The van der Waals surface area contributed by atoms with E-state index in [4.69, 9.17) is 17.2 Å². The molecule has 0 aliphatic heterocycles. The lowest BCUT2D eigenvalue weighted by Crippen LogP contribution is -2.38. The Bertz CT molecular complexity index is 747. The molecule has 0 aliphatic carbocycles. The normalized spacial score (nSPS) is 11.8. The van der Waals surface area contributed by atoms with Crippen molar-refractivity contribution >= 4 is 47.3 Å². The predicted octanol–water partition coefficient (Wildman–Crippen LogP) is -4.39. The average Bonchev–Trinajstić information content (AvgIpc) is 2.66. The molecule has 0 aliphatic rings. The quantitative estimate of drug-likeness (QED) is 0.127. The molecule has 1 amide bonds. The third-order valence-electron chi connectivity index (χ3n) is 2.68. The van der Waals surface area contributed by atoms with Crippen molar-refractivity contribution in [1.82, 2.24) is 0 Å². The number of hydrogen-bond donors (Lipinski definition) is 3. The third kappa shape index (κ3) is 10.4. The first kappa shape index (κ1) is 26.1. The Hall–Kier alpha value is -3.92. The molecular weight excluding hydrogens is 418 g/mol. The highest BCUT2D eigenvalue weighted by Gasteiger charge is 2.27. The second kappa shape index (κ2) is 12.5. The van der Waals surface area contributed by atoms with Gasteiger partial charge in [0.2, 0.25) is 11.7 Å². The van der Waals surface area contributed by atoms with Crippen LogP contribution in [0.1, 0.15) is 19.8 Å². The molecule has 0 rings (SSSR count). The van der Waals surface area contributed by atoms with Crippen molar-refractivity contribution in [2.24, 2.45) is 17.2 Å². The van der Waals surface area contributed by atoms with E-state index in [2.05, 4.69) is 24.3 Å². The lowest BCUT2D eigenvalue weighted by atomic mass is 10.2. The highest BCUT2D eigenvalue weighted by atomic mass is 17.2. The summed E-state index contributed by atoms with van der Waals surface area (Å²) in [4.78, 5) is 104. The second-order valence-corrected chi connectivity index (χ2v) is 5.27. The lowest BCUT2D eigenvalue weighted by molar-refractivity contribution is -0.262. The van der Waals surface area contributed by atoms with Gasteiger partial charge in [-0.05, 0) is 0 Å². The molecule has 0 heterocycles. The van der Waals surface area contributed by atoms with Crippen LogP contribution in [0.3, 0.4) is 0 Å². The molecule has 0 saturated carbocycles. The van der Waals surface area contributed by atoms with Crippen LogP contribution in [0.2, 0.25) is 0 Å². The van der Waals surface area contributed by atoms with Gasteiger partial charge in [0, 0.05) is 6.92 Å². The molecule has 30 heavy (non-hydrogen) atoms. The van der Waals surface area contributed by atoms with Crippen LogP contribution < -0.4 is 17.2 Å². The number of carbonyl (C=O) groups excluding carboxylic acids is 8. The summed E-state index contributed by atoms with van der Waals surface area (Å²) >= 11 is 0. The smallest absolute Gasteiger partial charge is 0.425 e. The molecule has 0 aromatic rings. The number of esters is 1. The number of amides is 1. The van der Waals surface area contributed by atoms with Crippen LogP contribution in [0.15, 0.2) is 0 Å². The van der Waals surface area contributed by atoms with Gasteiger partial charge in [-0.25, -0.2) is 38.7 Å². The Morgan fingerprint density at radius 1 is 0.733 bits per heavy atom. The minimum atomic E-state index is -1.76. The van der Waals surface area contributed by atoms with Crippen molar-refractivity contribution in [2.75, 3.05) is 6.61 Å². The highest BCUT2D eigenvalue weighted by Crippen LogP contribution is 1.99. The van der Waals surface area contributed by atoms with E-state index in [9.17, 15) is 38.4 Å². The van der Waals surface area contributed by atoms with Crippen LogP contribution in [0.4, 0.5) is 0 Å². The topological polar surface area (TPSA) is 261 Å². The Kier molecular flexibility index (Phi) is 10.9. The Balaban J connectivity index is 4.29. The minimum absolute atomic E-state index is 0.564. The van der Waals surface area contributed by atoms with E-state index < -0.39 is 78.9 Å². The van der Waals surface area contributed by atoms with Gasteiger partial charge in [-0.2, -0.15) is 0 Å². The van der Waals surface area contributed by atoms with Crippen molar-refractivity contribution in [3.63, 3.8) is 0 Å². The van der Waals surface area contributed by atoms with Crippen LogP contribution in [-0.2, 0) is 62.6 Å². The summed E-state index contributed by atoms with van der Waals surface area (Å²) in [5, 5.41) is 0. The minimum Gasteiger partial charge on any atom is -0.456 e. The summed E-state index contributed by atoms with van der Waals surface area (Å²) in [5.41, 5.74) is 15.3. The van der Waals surface area contributed by atoms with Crippen molar-refractivity contribution in [3.05, 3.63) is 0 Å². The maximum absolute atomic E-state index is 11.4. The molecule has 16 nitrogen and oxygen atoms in total. The molecule has 0 aromatic heterocycles. The van der Waals surface area contributed by atoms with Gasteiger partial charge in [-0.3, -0.25) is 19.2 Å². The molecule has 166 valence electrons. The molecule has 0 aromatic carbocycles. The largest absolute Gasteiger partial charge is 0.456 e. The molecule has 6 N–H and O–H groups in total. The van der Waals surface area contributed by atoms with E-state index in [1.165, 1.54) is 0 Å². The van der Waals surface area contributed by atoms with Gasteiger partial charge in [-0.1, -0.05) is 0 Å². The maximum Gasteiger partial charge on any atom is 0.425 e. The van der Waals surface area contributed by atoms with Crippen LogP contribution in [0.25, 0.3) is 0 Å². The van der Waals surface area contributed by atoms with Crippen LogP contribution in [0, 0.1) is 0 Å². The fourth-order valence-electron chi connectivity index (χ4n) is 1.23. The maximum atomic E-state index is 11.4. The number of nitrogens with two attached hydrogens (primary N) is 3. The average molecular weight is 435 g/mol. The van der Waals surface area contributed by atoms with E-state index in [1.807, 2.05) is 0 Å².